The van der Waals surface area contributed by atoms with Gasteiger partial charge in [0.1, 0.15) is 0 Å². The number of amides is 1. The minimum atomic E-state index is -1.23. The van der Waals surface area contributed by atoms with Crippen LogP contribution < -0.4 is 5.32 Å². The summed E-state index contributed by atoms with van der Waals surface area (Å²) in [6, 6.07) is 1.14. The molecule has 2 rings (SSSR count). The molecule has 0 bridgehead atoms. The van der Waals surface area contributed by atoms with Crippen molar-refractivity contribution in [2.75, 3.05) is 0 Å². The first-order valence-electron chi connectivity index (χ1n) is 5.59. The third-order valence-corrected chi connectivity index (χ3v) is 3.32. The second kappa shape index (κ2) is 4.20. The van der Waals surface area contributed by atoms with Crippen LogP contribution in [0.3, 0.4) is 0 Å². The molecule has 0 aromatic carbocycles. The summed E-state index contributed by atoms with van der Waals surface area (Å²) in [5, 5.41) is 15.0. The lowest BCUT2D eigenvalue weighted by Crippen LogP contribution is -2.53. The predicted molar refractivity (Wildman–Crippen MR) is 57.8 cm³/mol. The van der Waals surface area contributed by atoms with Gasteiger partial charge in [0.2, 0.25) is 5.76 Å². The van der Waals surface area contributed by atoms with Crippen LogP contribution in [0.25, 0.3) is 0 Å². The summed E-state index contributed by atoms with van der Waals surface area (Å²) in [6.07, 6.45) is 3.88. The van der Waals surface area contributed by atoms with E-state index < -0.39 is 5.97 Å². The third-order valence-electron chi connectivity index (χ3n) is 3.32. The fourth-order valence-electron chi connectivity index (χ4n) is 1.96. The van der Waals surface area contributed by atoms with E-state index in [1.807, 2.05) is 6.92 Å². The molecule has 6 heteroatoms. The zero-order valence-electron chi connectivity index (χ0n) is 9.52. The first-order valence-corrected chi connectivity index (χ1v) is 5.59. The van der Waals surface area contributed by atoms with Gasteiger partial charge in [-0.3, -0.25) is 4.79 Å². The van der Waals surface area contributed by atoms with E-state index in [2.05, 4.69) is 15.0 Å². The maximum atomic E-state index is 11.8. The number of aromatic carboxylic acids is 1. The maximum Gasteiger partial charge on any atom is 0.374 e. The van der Waals surface area contributed by atoms with Crippen molar-refractivity contribution in [3.05, 3.63) is 17.5 Å². The van der Waals surface area contributed by atoms with Crippen molar-refractivity contribution in [3.8, 4) is 0 Å². The van der Waals surface area contributed by atoms with E-state index in [0.717, 1.165) is 31.7 Å². The van der Waals surface area contributed by atoms with Gasteiger partial charge in [0.05, 0.1) is 0 Å². The number of nitrogens with one attached hydrogen (secondary N) is 1. The second-order valence-electron chi connectivity index (χ2n) is 4.32. The van der Waals surface area contributed by atoms with Gasteiger partial charge < -0.3 is 14.9 Å². The molecule has 1 saturated carbocycles. The fraction of sp³-hybridized carbons (Fsp3) is 0.545. The second-order valence-corrected chi connectivity index (χ2v) is 4.32. The molecule has 92 valence electrons. The molecule has 17 heavy (non-hydrogen) atoms. The van der Waals surface area contributed by atoms with Gasteiger partial charge in [-0.25, -0.2) is 4.79 Å². The van der Waals surface area contributed by atoms with Gasteiger partial charge in [-0.1, -0.05) is 12.1 Å². The van der Waals surface area contributed by atoms with Crippen LogP contribution >= 0.6 is 0 Å². The average Bonchev–Trinajstić information content (AvgIpc) is 2.72. The van der Waals surface area contributed by atoms with Gasteiger partial charge in [-0.05, 0) is 25.7 Å². The van der Waals surface area contributed by atoms with Crippen LogP contribution in [0, 0.1) is 0 Å². The van der Waals surface area contributed by atoms with Crippen molar-refractivity contribution in [2.24, 2.45) is 0 Å². The molecule has 0 radical (unpaired) electrons. The van der Waals surface area contributed by atoms with Crippen LogP contribution in [0.1, 0.15) is 53.7 Å². The maximum absolute atomic E-state index is 11.8. The number of hydrogen-bond donors (Lipinski definition) is 2. The molecule has 1 aliphatic rings. The Morgan fingerprint density at radius 1 is 1.59 bits per heavy atom. The molecule has 1 aliphatic carbocycles. The van der Waals surface area contributed by atoms with E-state index >= 15 is 0 Å². The van der Waals surface area contributed by atoms with E-state index in [1.54, 1.807) is 0 Å². The Hall–Kier alpha value is -1.85. The van der Waals surface area contributed by atoms with E-state index in [0.29, 0.717) is 0 Å². The predicted octanol–water partition coefficient (Wildman–Crippen LogP) is 1.44. The number of hydrogen-bond acceptors (Lipinski definition) is 4. The first-order chi connectivity index (χ1) is 8.06. The normalized spacial score (nSPS) is 17.2. The van der Waals surface area contributed by atoms with Crippen LogP contribution in [-0.4, -0.2) is 27.7 Å². The number of carboxylic acid groups (broad SMARTS) is 1. The van der Waals surface area contributed by atoms with Crippen molar-refractivity contribution in [1.82, 2.24) is 10.5 Å². The van der Waals surface area contributed by atoms with E-state index in [-0.39, 0.29) is 22.9 Å². The van der Waals surface area contributed by atoms with Gasteiger partial charge in [0.25, 0.3) is 5.91 Å². The van der Waals surface area contributed by atoms with Crippen molar-refractivity contribution in [2.45, 2.75) is 38.1 Å². The molecule has 1 aromatic rings. The van der Waals surface area contributed by atoms with Gasteiger partial charge in [0.15, 0.2) is 5.69 Å². The molecule has 1 fully saturated rings. The zero-order valence-corrected chi connectivity index (χ0v) is 9.52. The Kier molecular flexibility index (Phi) is 2.87. The monoisotopic (exact) mass is 238 g/mol. The lowest BCUT2D eigenvalue weighted by Gasteiger charge is -2.41. The molecule has 2 N–H and O–H groups in total. The molecule has 6 nitrogen and oxygen atoms in total. The quantitative estimate of drug-likeness (QED) is 0.827. The first kappa shape index (κ1) is 11.6. The van der Waals surface area contributed by atoms with Gasteiger partial charge in [-0.15, -0.1) is 0 Å². The summed E-state index contributed by atoms with van der Waals surface area (Å²) in [5.41, 5.74) is -0.124. The molecule has 1 amide bonds. The minimum Gasteiger partial charge on any atom is -0.475 e. The van der Waals surface area contributed by atoms with Gasteiger partial charge in [-0.2, -0.15) is 0 Å². The lowest BCUT2D eigenvalue weighted by atomic mass is 9.75. The molecular weight excluding hydrogens is 224 g/mol. The van der Waals surface area contributed by atoms with Crippen molar-refractivity contribution in [1.29, 1.82) is 0 Å². The largest absolute Gasteiger partial charge is 0.475 e. The highest BCUT2D eigenvalue weighted by atomic mass is 16.5. The van der Waals surface area contributed by atoms with Crippen LogP contribution in [0.15, 0.2) is 10.6 Å². The van der Waals surface area contributed by atoms with Crippen molar-refractivity contribution in [3.63, 3.8) is 0 Å². The Morgan fingerprint density at radius 3 is 2.71 bits per heavy atom. The van der Waals surface area contributed by atoms with Crippen LogP contribution in [0.5, 0.6) is 0 Å². The van der Waals surface area contributed by atoms with E-state index in [4.69, 9.17) is 5.11 Å². The highest BCUT2D eigenvalue weighted by molar-refractivity contribution is 5.95. The van der Waals surface area contributed by atoms with Crippen molar-refractivity contribution < 1.29 is 19.2 Å². The van der Waals surface area contributed by atoms with E-state index in [1.165, 1.54) is 0 Å². The lowest BCUT2D eigenvalue weighted by molar-refractivity contribution is 0.0650. The number of aromatic nitrogens is 1. The summed E-state index contributed by atoms with van der Waals surface area (Å²) in [4.78, 5) is 22.4. The van der Waals surface area contributed by atoms with Gasteiger partial charge in [0, 0.05) is 11.6 Å². The number of nitrogens with zero attached hydrogens (tertiary/aromatic N) is 1. The Balaban J connectivity index is 2.06. The number of carbonyl (C=O) groups is 2. The van der Waals surface area contributed by atoms with E-state index in [9.17, 15) is 9.59 Å². The molecule has 1 aromatic heterocycles. The molecule has 0 unspecified atom stereocenters. The highest BCUT2D eigenvalue weighted by Crippen LogP contribution is 2.34. The van der Waals surface area contributed by atoms with Crippen molar-refractivity contribution >= 4 is 11.9 Å². The standard InChI is InChI=1S/C11H14N2O4/c1-2-11(4-3-5-11)12-9(14)7-6-8(10(15)16)17-13-7/h6H,2-5H2,1H3,(H,12,14)(H,15,16). The summed E-state index contributed by atoms with van der Waals surface area (Å²) in [7, 11) is 0. The number of carboxylic acids is 1. The third kappa shape index (κ3) is 2.15. The fourth-order valence-corrected chi connectivity index (χ4v) is 1.96. The molecule has 0 saturated heterocycles. The van der Waals surface area contributed by atoms with Crippen LogP contribution in [0.4, 0.5) is 0 Å². The molecular formula is C11H14N2O4. The van der Waals surface area contributed by atoms with Gasteiger partial charge >= 0.3 is 5.97 Å². The number of rotatable bonds is 4. The molecule has 0 spiro atoms. The smallest absolute Gasteiger partial charge is 0.374 e. The Morgan fingerprint density at radius 2 is 2.29 bits per heavy atom. The molecule has 1 heterocycles. The minimum absolute atomic E-state index is 0.0159. The summed E-state index contributed by atoms with van der Waals surface area (Å²) < 4.78 is 4.54. The summed E-state index contributed by atoms with van der Waals surface area (Å²) >= 11 is 0. The highest BCUT2D eigenvalue weighted by Gasteiger charge is 2.37. The van der Waals surface area contributed by atoms with Crippen LogP contribution in [-0.2, 0) is 0 Å². The average molecular weight is 238 g/mol. The summed E-state index contributed by atoms with van der Waals surface area (Å²) in [5.74, 6) is -1.93. The van der Waals surface area contributed by atoms with Crippen LogP contribution in [0.2, 0.25) is 0 Å². The molecule has 0 atom stereocenters. The Bertz CT molecular complexity index is 443. The SMILES string of the molecule is CCC1(NC(=O)c2cc(C(=O)O)on2)CCC1. The Labute approximate surface area is 98.0 Å². The molecule has 0 aliphatic heterocycles. The number of carbonyl (C=O) groups excluding carboxylic acids is 1. The summed E-state index contributed by atoms with van der Waals surface area (Å²) in [6.45, 7) is 2.02. The topological polar surface area (TPSA) is 92.4 Å². The zero-order chi connectivity index (χ0) is 12.5.